The minimum Gasteiger partial charge on any atom is -0.444 e. The van der Waals surface area contributed by atoms with E-state index in [1.165, 1.54) is 10.5 Å². The minimum absolute atomic E-state index is 0.135. The summed E-state index contributed by atoms with van der Waals surface area (Å²) < 4.78 is 7.78. The van der Waals surface area contributed by atoms with Gasteiger partial charge in [0.05, 0.1) is 6.04 Å². The summed E-state index contributed by atoms with van der Waals surface area (Å²) in [4.78, 5) is 55.1. The van der Waals surface area contributed by atoms with Crippen molar-refractivity contribution in [2.45, 2.75) is 96.0 Å². The van der Waals surface area contributed by atoms with Crippen LogP contribution in [0.2, 0.25) is 0 Å². The van der Waals surface area contributed by atoms with E-state index in [4.69, 9.17) is 4.74 Å². The molecule has 0 spiro atoms. The maximum absolute atomic E-state index is 12.9. The molecule has 0 aromatic heterocycles. The van der Waals surface area contributed by atoms with Crippen molar-refractivity contribution >= 4 is 42.2 Å². The molecule has 1 atom stereocenters. The molecule has 0 bridgehead atoms. The Hall–Kier alpha value is -3.45. The zero-order valence-corrected chi connectivity index (χ0v) is 31.9. The molecule has 12 heteroatoms. The van der Waals surface area contributed by atoms with Crippen molar-refractivity contribution in [3.05, 3.63) is 59.2 Å². The molecule has 276 valence electrons. The van der Waals surface area contributed by atoms with E-state index in [0.29, 0.717) is 18.5 Å². The lowest BCUT2D eigenvalue weighted by Crippen LogP contribution is -2.46. The first-order valence-electron chi connectivity index (χ1n) is 17.9. The second kappa shape index (κ2) is 20.4. The van der Waals surface area contributed by atoms with E-state index in [1.54, 1.807) is 16.8 Å². The van der Waals surface area contributed by atoms with Crippen LogP contribution in [0.5, 0.6) is 0 Å². The number of aldehydes is 2. The highest BCUT2D eigenvalue weighted by Gasteiger charge is 2.33. The fourth-order valence-corrected chi connectivity index (χ4v) is 7.20. The number of fused-ring (bicyclic) bond motifs is 1. The summed E-state index contributed by atoms with van der Waals surface area (Å²) in [7, 11) is 3.75. The molecule has 2 N–H and O–H groups in total. The summed E-state index contributed by atoms with van der Waals surface area (Å²) in [6.07, 6.45) is 3.64. The minimum atomic E-state index is -0.570. The van der Waals surface area contributed by atoms with E-state index >= 15 is 0 Å². The summed E-state index contributed by atoms with van der Waals surface area (Å²) >= 11 is 1.79. The van der Waals surface area contributed by atoms with E-state index in [0.717, 1.165) is 82.5 Å². The Morgan fingerprint density at radius 2 is 1.68 bits per heavy atom. The number of piperidine rings is 1. The van der Waals surface area contributed by atoms with Crippen LogP contribution < -0.4 is 15.5 Å². The Labute approximate surface area is 303 Å². The van der Waals surface area contributed by atoms with E-state index in [9.17, 15) is 19.2 Å². The highest BCUT2D eigenvalue weighted by molar-refractivity contribution is 7.97. The monoisotopic (exact) mass is 710 g/mol. The third-order valence-corrected chi connectivity index (χ3v) is 9.60. The molecule has 0 radical (unpaired) electrons. The van der Waals surface area contributed by atoms with Gasteiger partial charge in [-0.05, 0) is 108 Å². The number of rotatable bonds is 11. The van der Waals surface area contributed by atoms with Gasteiger partial charge in [0.25, 0.3) is 5.91 Å². The van der Waals surface area contributed by atoms with Crippen LogP contribution in [0, 0.1) is 0 Å². The van der Waals surface area contributed by atoms with Gasteiger partial charge in [-0.15, -0.1) is 0 Å². The van der Waals surface area contributed by atoms with Gasteiger partial charge >= 0.3 is 6.09 Å². The summed E-state index contributed by atoms with van der Waals surface area (Å²) in [5, 5.41) is 5.76. The third kappa shape index (κ3) is 12.4. The molecule has 1 unspecified atom stereocenters. The van der Waals surface area contributed by atoms with Crippen molar-refractivity contribution < 1.29 is 23.9 Å². The predicted octanol–water partition coefficient (Wildman–Crippen LogP) is 5.37. The molecule has 2 saturated heterocycles. The first kappa shape index (κ1) is 41.0. The SMILES string of the molecule is CC.CC(C)(C)OC(=O)NC1CCN(Sc2cccc(CN3CCN(c4ccc5c(c4)CN(C(C=O)CCC=O)C5=O)CC3)c2)CC1.CNC. The number of benzene rings is 2. The largest absolute Gasteiger partial charge is 0.444 e. The molecule has 2 fully saturated rings. The van der Waals surface area contributed by atoms with Gasteiger partial charge in [-0.2, -0.15) is 0 Å². The van der Waals surface area contributed by atoms with Crippen LogP contribution >= 0.6 is 11.9 Å². The third-order valence-electron chi connectivity index (χ3n) is 8.51. The highest BCUT2D eigenvalue weighted by Crippen LogP contribution is 2.31. The first-order valence-corrected chi connectivity index (χ1v) is 18.7. The van der Waals surface area contributed by atoms with Gasteiger partial charge < -0.3 is 34.8 Å². The fraction of sp³-hybridized carbons (Fsp3) is 0.579. The first-order chi connectivity index (χ1) is 24.0. The number of piperazine rings is 1. The number of anilines is 1. The molecule has 0 aliphatic carbocycles. The Balaban J connectivity index is 0.00000128. The number of carbonyl (C=O) groups excluding carboxylic acids is 4. The molecule has 5 rings (SSSR count). The van der Waals surface area contributed by atoms with Gasteiger partial charge in [0, 0.05) is 81.0 Å². The number of hydrogen-bond donors (Lipinski definition) is 2. The summed E-state index contributed by atoms with van der Waals surface area (Å²) in [6.45, 7) is 16.4. The van der Waals surface area contributed by atoms with E-state index < -0.39 is 11.6 Å². The molecule has 2 aromatic rings. The van der Waals surface area contributed by atoms with Crippen LogP contribution in [0.3, 0.4) is 0 Å². The quantitative estimate of drug-likeness (QED) is 0.233. The van der Waals surface area contributed by atoms with Crippen LogP contribution in [0.25, 0.3) is 0 Å². The molecular formula is C38H58N6O5S. The lowest BCUT2D eigenvalue weighted by atomic mass is 10.1. The summed E-state index contributed by atoms with van der Waals surface area (Å²) in [5.74, 6) is -0.135. The Morgan fingerprint density at radius 1 is 1.00 bits per heavy atom. The van der Waals surface area contributed by atoms with Gasteiger partial charge in [0.2, 0.25) is 0 Å². The molecule has 2 amide bonds. The topological polar surface area (TPSA) is 115 Å². The van der Waals surface area contributed by atoms with Gasteiger partial charge in [-0.25, -0.2) is 9.10 Å². The zero-order valence-electron chi connectivity index (χ0n) is 31.1. The molecule has 2 aromatic carbocycles. The van der Waals surface area contributed by atoms with Crippen molar-refractivity contribution in [2.75, 3.05) is 58.3 Å². The van der Waals surface area contributed by atoms with Crippen LogP contribution in [0.4, 0.5) is 10.5 Å². The Morgan fingerprint density at radius 3 is 2.30 bits per heavy atom. The number of amides is 2. The maximum Gasteiger partial charge on any atom is 0.407 e. The van der Waals surface area contributed by atoms with Gasteiger partial charge in [0.1, 0.15) is 18.2 Å². The standard InChI is InChI=1S/C34H45N5O5S.C2H7N.C2H6/c1-34(2,3)44-33(43)35-27-11-13-38(14-12-27)45-30-8-4-6-25(20-30)22-36-15-17-37(18-16-36)28-9-10-31-26(21-28)23-39(32(31)42)29(24-41)7-5-19-40;1-3-2;1-2/h4,6,8-10,19-21,24,27,29H,5,7,11-18,22-23H2,1-3H3,(H,35,43);3H,1-2H3;1-2H3. The Kier molecular flexibility index (Phi) is 16.7. The second-order valence-corrected chi connectivity index (χ2v) is 14.7. The highest BCUT2D eigenvalue weighted by atomic mass is 32.2. The molecule has 3 heterocycles. The number of carbonyl (C=O) groups is 4. The molecular weight excluding hydrogens is 653 g/mol. The van der Waals surface area contributed by atoms with Crippen LogP contribution in [0.15, 0.2) is 47.4 Å². The van der Waals surface area contributed by atoms with Gasteiger partial charge in [-0.3, -0.25) is 9.69 Å². The van der Waals surface area contributed by atoms with Crippen molar-refractivity contribution in [3.63, 3.8) is 0 Å². The normalized spacial score (nSPS) is 17.5. The Bertz CT molecular complexity index is 1390. The van der Waals surface area contributed by atoms with Crippen LogP contribution in [-0.4, -0.2) is 110 Å². The molecule has 3 aliphatic heterocycles. The number of nitrogens with one attached hydrogen (secondary N) is 2. The van der Waals surface area contributed by atoms with E-state index in [-0.39, 0.29) is 24.5 Å². The lowest BCUT2D eigenvalue weighted by molar-refractivity contribution is -0.112. The smallest absolute Gasteiger partial charge is 0.407 e. The summed E-state index contributed by atoms with van der Waals surface area (Å²) in [6, 6.07) is 14.3. The number of nitrogens with zero attached hydrogens (tertiary/aromatic N) is 4. The lowest BCUT2D eigenvalue weighted by Gasteiger charge is -2.36. The predicted molar refractivity (Wildman–Crippen MR) is 202 cm³/mol. The number of ether oxygens (including phenoxy) is 1. The molecule has 50 heavy (non-hydrogen) atoms. The summed E-state index contributed by atoms with van der Waals surface area (Å²) in [5.41, 5.74) is 3.49. The van der Waals surface area contributed by atoms with Gasteiger partial charge in [0.15, 0.2) is 0 Å². The zero-order chi connectivity index (χ0) is 36.7. The average molecular weight is 711 g/mol. The van der Waals surface area contributed by atoms with Crippen molar-refractivity contribution in [2.24, 2.45) is 0 Å². The maximum atomic E-state index is 12.9. The second-order valence-electron chi connectivity index (χ2n) is 13.6. The average Bonchev–Trinajstić information content (AvgIpc) is 3.42. The molecule has 11 nitrogen and oxygen atoms in total. The van der Waals surface area contributed by atoms with Crippen molar-refractivity contribution in [1.82, 2.24) is 24.7 Å². The van der Waals surface area contributed by atoms with E-state index in [2.05, 4.69) is 55.1 Å². The number of hydrogen-bond acceptors (Lipinski definition) is 10. The van der Waals surface area contributed by atoms with Gasteiger partial charge in [-0.1, -0.05) is 26.0 Å². The molecule has 0 saturated carbocycles. The molecule has 3 aliphatic rings. The van der Waals surface area contributed by atoms with Crippen LogP contribution in [-0.2, 0) is 27.4 Å². The van der Waals surface area contributed by atoms with Crippen molar-refractivity contribution in [1.29, 1.82) is 0 Å². The van der Waals surface area contributed by atoms with E-state index in [1.807, 2.05) is 60.8 Å². The number of alkyl carbamates (subject to hydrolysis) is 1. The fourth-order valence-electron chi connectivity index (χ4n) is 6.17. The van der Waals surface area contributed by atoms with Crippen molar-refractivity contribution in [3.8, 4) is 0 Å². The van der Waals surface area contributed by atoms with Crippen LogP contribution in [0.1, 0.15) is 81.8 Å².